The lowest BCUT2D eigenvalue weighted by Gasteiger charge is -2.18. The number of carbonyl (C=O) groups excluding carboxylic acids is 1. The van der Waals surface area contributed by atoms with Crippen LogP contribution >= 0.6 is 0 Å². The second-order valence-corrected chi connectivity index (χ2v) is 5.67. The number of benzene rings is 2. The van der Waals surface area contributed by atoms with Gasteiger partial charge in [-0.25, -0.2) is 0 Å². The Kier molecular flexibility index (Phi) is 4.45. The highest BCUT2D eigenvalue weighted by Gasteiger charge is 2.31. The normalized spacial score (nSPS) is 21.5. The van der Waals surface area contributed by atoms with Crippen LogP contribution in [0, 0.1) is 0 Å². The highest BCUT2D eigenvalue weighted by Crippen LogP contribution is 2.21. The number of nitrogens with zero attached hydrogens (tertiary/aromatic N) is 2. The standard InChI is InChI=1S/C19H20N2O/c1-21-13-12-17(18(21)14-22)20-19(15-8-4-2-5-9-15)16-10-6-3-7-11-16/h2-11,14,17-18H,12-13H2,1H3. The van der Waals surface area contributed by atoms with Crippen LogP contribution in [-0.2, 0) is 4.79 Å². The van der Waals surface area contributed by atoms with Crippen molar-refractivity contribution in [2.45, 2.75) is 18.5 Å². The summed E-state index contributed by atoms with van der Waals surface area (Å²) in [5.41, 5.74) is 3.15. The Morgan fingerprint density at radius 3 is 2.09 bits per heavy atom. The van der Waals surface area contributed by atoms with E-state index in [-0.39, 0.29) is 12.1 Å². The number of likely N-dealkylation sites (N-methyl/N-ethyl adjacent to an activating group) is 1. The van der Waals surface area contributed by atoms with Gasteiger partial charge >= 0.3 is 0 Å². The minimum absolute atomic E-state index is 0.0258. The molecule has 3 rings (SSSR count). The molecule has 112 valence electrons. The molecule has 0 saturated carbocycles. The highest BCUT2D eigenvalue weighted by molar-refractivity contribution is 6.13. The van der Waals surface area contributed by atoms with Crippen molar-refractivity contribution in [3.63, 3.8) is 0 Å². The van der Waals surface area contributed by atoms with Crippen molar-refractivity contribution in [1.29, 1.82) is 0 Å². The van der Waals surface area contributed by atoms with Crippen LogP contribution in [0.1, 0.15) is 17.5 Å². The van der Waals surface area contributed by atoms with Crippen LogP contribution in [0.4, 0.5) is 0 Å². The predicted molar refractivity (Wildman–Crippen MR) is 89.4 cm³/mol. The Labute approximate surface area is 131 Å². The van der Waals surface area contributed by atoms with E-state index in [1.165, 1.54) is 0 Å². The summed E-state index contributed by atoms with van der Waals surface area (Å²) in [6.07, 6.45) is 1.94. The molecule has 1 fully saturated rings. The first-order chi connectivity index (χ1) is 10.8. The number of hydrogen-bond acceptors (Lipinski definition) is 3. The zero-order valence-corrected chi connectivity index (χ0v) is 12.7. The summed E-state index contributed by atoms with van der Waals surface area (Å²) in [6.45, 7) is 0.911. The van der Waals surface area contributed by atoms with E-state index >= 15 is 0 Å². The molecule has 2 atom stereocenters. The Morgan fingerprint density at radius 1 is 1.05 bits per heavy atom. The molecular formula is C19H20N2O. The summed E-state index contributed by atoms with van der Waals surface area (Å²) in [4.78, 5) is 18.4. The van der Waals surface area contributed by atoms with Crippen LogP contribution in [0.5, 0.6) is 0 Å². The molecule has 2 aromatic rings. The number of hydrogen-bond donors (Lipinski definition) is 0. The third kappa shape index (κ3) is 3.00. The number of likely N-dealkylation sites (tertiary alicyclic amines) is 1. The fourth-order valence-corrected chi connectivity index (χ4v) is 2.96. The topological polar surface area (TPSA) is 32.7 Å². The smallest absolute Gasteiger partial charge is 0.139 e. The van der Waals surface area contributed by atoms with Crippen molar-refractivity contribution < 1.29 is 4.79 Å². The SMILES string of the molecule is CN1CCC(N=C(c2ccccc2)c2ccccc2)C1C=O. The van der Waals surface area contributed by atoms with Crippen LogP contribution in [0.3, 0.4) is 0 Å². The molecule has 0 amide bonds. The van der Waals surface area contributed by atoms with Gasteiger partial charge in [-0.05, 0) is 13.5 Å². The Hall–Kier alpha value is -2.26. The average Bonchev–Trinajstić information content (AvgIpc) is 2.94. The molecule has 0 spiro atoms. The molecule has 0 N–H and O–H groups in total. The van der Waals surface area contributed by atoms with Crippen molar-refractivity contribution in [3.8, 4) is 0 Å². The molecule has 3 nitrogen and oxygen atoms in total. The molecule has 1 saturated heterocycles. The van der Waals surface area contributed by atoms with Gasteiger partial charge in [0.25, 0.3) is 0 Å². The van der Waals surface area contributed by atoms with Crippen LogP contribution in [0.15, 0.2) is 65.7 Å². The van der Waals surface area contributed by atoms with E-state index in [4.69, 9.17) is 4.99 Å². The Morgan fingerprint density at radius 2 is 1.59 bits per heavy atom. The summed E-state index contributed by atoms with van der Waals surface area (Å²) in [6, 6.07) is 20.3. The van der Waals surface area contributed by atoms with Gasteiger partial charge in [0.1, 0.15) is 6.29 Å². The molecule has 0 bridgehead atoms. The lowest BCUT2D eigenvalue weighted by molar-refractivity contribution is -0.111. The molecule has 2 unspecified atom stereocenters. The molecule has 22 heavy (non-hydrogen) atoms. The van der Waals surface area contributed by atoms with Crippen LogP contribution in [-0.4, -0.2) is 42.6 Å². The van der Waals surface area contributed by atoms with Crippen LogP contribution < -0.4 is 0 Å². The lowest BCUT2D eigenvalue weighted by atomic mass is 10.0. The first-order valence-corrected chi connectivity index (χ1v) is 7.64. The highest BCUT2D eigenvalue weighted by atomic mass is 16.1. The number of aldehydes is 1. The lowest BCUT2D eigenvalue weighted by Crippen LogP contribution is -2.33. The van der Waals surface area contributed by atoms with Gasteiger partial charge in [0.05, 0.1) is 17.8 Å². The molecule has 3 heteroatoms. The van der Waals surface area contributed by atoms with Crippen molar-refractivity contribution in [1.82, 2.24) is 4.90 Å². The molecule has 0 aromatic heterocycles. The summed E-state index contributed by atoms with van der Waals surface area (Å²) >= 11 is 0. The van der Waals surface area contributed by atoms with Gasteiger partial charge in [0, 0.05) is 17.7 Å². The van der Waals surface area contributed by atoms with Crippen molar-refractivity contribution >= 4 is 12.0 Å². The maximum Gasteiger partial charge on any atom is 0.139 e. The summed E-state index contributed by atoms with van der Waals surface area (Å²) in [7, 11) is 1.99. The first kappa shape index (κ1) is 14.7. The molecule has 1 heterocycles. The predicted octanol–water partition coefficient (Wildman–Crippen LogP) is 2.80. The van der Waals surface area contributed by atoms with Crippen LogP contribution in [0.25, 0.3) is 0 Å². The van der Waals surface area contributed by atoms with E-state index in [9.17, 15) is 4.79 Å². The molecule has 0 aliphatic carbocycles. The first-order valence-electron chi connectivity index (χ1n) is 7.64. The summed E-state index contributed by atoms with van der Waals surface area (Å²) < 4.78 is 0. The van der Waals surface area contributed by atoms with Gasteiger partial charge in [-0.2, -0.15) is 0 Å². The fraction of sp³-hybridized carbons (Fsp3) is 0.263. The largest absolute Gasteiger partial charge is 0.302 e. The molecular weight excluding hydrogens is 272 g/mol. The summed E-state index contributed by atoms with van der Waals surface area (Å²) in [5.74, 6) is 0. The molecule has 1 aliphatic rings. The van der Waals surface area contributed by atoms with Crippen molar-refractivity contribution in [2.24, 2.45) is 4.99 Å². The minimum Gasteiger partial charge on any atom is -0.302 e. The zero-order valence-electron chi connectivity index (χ0n) is 12.7. The quantitative estimate of drug-likeness (QED) is 0.641. The second kappa shape index (κ2) is 6.67. The Balaban J connectivity index is 2.03. The van der Waals surface area contributed by atoms with E-state index in [2.05, 4.69) is 29.2 Å². The third-order valence-corrected chi connectivity index (χ3v) is 4.21. The molecule has 0 radical (unpaired) electrons. The van der Waals surface area contributed by atoms with Crippen molar-refractivity contribution in [2.75, 3.05) is 13.6 Å². The monoisotopic (exact) mass is 292 g/mol. The van der Waals surface area contributed by atoms with Gasteiger partial charge in [-0.3, -0.25) is 9.89 Å². The van der Waals surface area contributed by atoms with E-state index in [1.54, 1.807) is 0 Å². The van der Waals surface area contributed by atoms with Crippen molar-refractivity contribution in [3.05, 3.63) is 71.8 Å². The maximum atomic E-state index is 11.4. The average molecular weight is 292 g/mol. The zero-order chi connectivity index (χ0) is 15.4. The number of carbonyl (C=O) groups is 1. The van der Waals surface area contributed by atoms with Gasteiger partial charge in [0.15, 0.2) is 0 Å². The minimum atomic E-state index is -0.123. The van der Waals surface area contributed by atoms with E-state index in [1.807, 2.05) is 43.4 Å². The summed E-state index contributed by atoms with van der Waals surface area (Å²) in [5, 5.41) is 0. The van der Waals surface area contributed by atoms with Gasteiger partial charge in [0.2, 0.25) is 0 Å². The Bertz CT molecular complexity index is 610. The second-order valence-electron chi connectivity index (χ2n) is 5.67. The van der Waals surface area contributed by atoms with Gasteiger partial charge < -0.3 is 4.79 Å². The molecule has 2 aromatic carbocycles. The van der Waals surface area contributed by atoms with E-state index in [0.29, 0.717) is 0 Å². The van der Waals surface area contributed by atoms with Gasteiger partial charge in [-0.15, -0.1) is 0 Å². The number of rotatable bonds is 4. The van der Waals surface area contributed by atoms with E-state index in [0.717, 1.165) is 36.1 Å². The van der Waals surface area contributed by atoms with Crippen LogP contribution in [0.2, 0.25) is 0 Å². The number of aliphatic imine (C=N–C) groups is 1. The van der Waals surface area contributed by atoms with Gasteiger partial charge in [-0.1, -0.05) is 60.7 Å². The molecule has 1 aliphatic heterocycles. The maximum absolute atomic E-state index is 11.4. The van der Waals surface area contributed by atoms with E-state index < -0.39 is 0 Å². The fourth-order valence-electron chi connectivity index (χ4n) is 2.96. The third-order valence-electron chi connectivity index (χ3n) is 4.21.